The SMILES string of the molecule is COC(=O)c1sc2ncnc(Nc3ccccc3Br)c2c1C. The lowest BCUT2D eigenvalue weighted by Crippen LogP contribution is -2.00. The summed E-state index contributed by atoms with van der Waals surface area (Å²) in [5.74, 6) is 0.313. The molecule has 0 atom stereocenters. The summed E-state index contributed by atoms with van der Waals surface area (Å²) in [4.78, 5) is 21.7. The summed E-state index contributed by atoms with van der Waals surface area (Å²) in [6, 6.07) is 7.77. The summed E-state index contributed by atoms with van der Waals surface area (Å²) in [6.45, 7) is 1.87. The standard InChI is InChI=1S/C15H12BrN3O2S/c1-8-11-13(19-10-6-4-3-5-9(10)16)17-7-18-14(11)22-12(8)15(20)21-2/h3-7H,1-2H3,(H,17,18,19). The topological polar surface area (TPSA) is 64.1 Å². The first-order valence-corrected chi connectivity index (χ1v) is 8.06. The second-order valence-electron chi connectivity index (χ2n) is 4.56. The Morgan fingerprint density at radius 2 is 2.09 bits per heavy atom. The van der Waals surface area contributed by atoms with Crippen LogP contribution in [0.3, 0.4) is 0 Å². The van der Waals surface area contributed by atoms with Gasteiger partial charge in [0.25, 0.3) is 0 Å². The number of carbonyl (C=O) groups is 1. The van der Waals surface area contributed by atoms with Gasteiger partial charge in [-0.3, -0.25) is 0 Å². The fourth-order valence-electron chi connectivity index (χ4n) is 2.14. The van der Waals surface area contributed by atoms with Crippen molar-refractivity contribution in [2.45, 2.75) is 6.92 Å². The summed E-state index contributed by atoms with van der Waals surface area (Å²) < 4.78 is 5.75. The summed E-state index contributed by atoms with van der Waals surface area (Å²) in [6.07, 6.45) is 1.48. The number of anilines is 2. The molecule has 3 rings (SSSR count). The first-order chi connectivity index (χ1) is 10.6. The van der Waals surface area contributed by atoms with E-state index < -0.39 is 0 Å². The molecule has 0 spiro atoms. The molecule has 0 radical (unpaired) electrons. The zero-order valence-corrected chi connectivity index (χ0v) is 14.3. The first-order valence-electron chi connectivity index (χ1n) is 6.45. The maximum Gasteiger partial charge on any atom is 0.348 e. The lowest BCUT2D eigenvalue weighted by Gasteiger charge is -2.08. The van der Waals surface area contributed by atoms with Gasteiger partial charge in [0, 0.05) is 4.47 Å². The number of benzene rings is 1. The number of hydrogen-bond acceptors (Lipinski definition) is 6. The molecular formula is C15H12BrN3O2S. The van der Waals surface area contributed by atoms with E-state index in [2.05, 4.69) is 31.2 Å². The molecule has 0 aliphatic carbocycles. The van der Waals surface area contributed by atoms with E-state index in [1.54, 1.807) is 0 Å². The maximum absolute atomic E-state index is 11.8. The molecule has 0 saturated heterocycles. The van der Waals surface area contributed by atoms with Crippen LogP contribution in [0.1, 0.15) is 15.2 Å². The van der Waals surface area contributed by atoms with Crippen molar-refractivity contribution in [2.24, 2.45) is 0 Å². The van der Waals surface area contributed by atoms with Crippen LogP contribution in [0.25, 0.3) is 10.2 Å². The van der Waals surface area contributed by atoms with Crippen molar-refractivity contribution >= 4 is 55.0 Å². The van der Waals surface area contributed by atoms with Gasteiger partial charge in [0.2, 0.25) is 0 Å². The number of fused-ring (bicyclic) bond motifs is 1. The monoisotopic (exact) mass is 377 g/mol. The highest BCUT2D eigenvalue weighted by molar-refractivity contribution is 9.10. The van der Waals surface area contributed by atoms with E-state index in [9.17, 15) is 4.79 Å². The van der Waals surface area contributed by atoms with Crippen LogP contribution in [0, 0.1) is 6.92 Å². The van der Waals surface area contributed by atoms with E-state index in [0.29, 0.717) is 10.7 Å². The fourth-order valence-corrected chi connectivity index (χ4v) is 3.59. The Labute approximate surface area is 139 Å². The third-order valence-electron chi connectivity index (χ3n) is 3.22. The minimum Gasteiger partial charge on any atom is -0.465 e. The van der Waals surface area contributed by atoms with Gasteiger partial charge in [-0.25, -0.2) is 14.8 Å². The average molecular weight is 378 g/mol. The minimum absolute atomic E-state index is 0.354. The predicted octanol–water partition coefficient (Wildman–Crippen LogP) is 4.29. The third-order valence-corrected chi connectivity index (χ3v) is 5.10. The predicted molar refractivity (Wildman–Crippen MR) is 90.9 cm³/mol. The van der Waals surface area contributed by atoms with Crippen LogP contribution in [-0.4, -0.2) is 23.0 Å². The fraction of sp³-hybridized carbons (Fsp3) is 0.133. The molecule has 0 amide bonds. The Hall–Kier alpha value is -1.99. The zero-order valence-electron chi connectivity index (χ0n) is 11.9. The number of ether oxygens (including phenoxy) is 1. The van der Waals surface area contributed by atoms with Crippen molar-refractivity contribution in [3.8, 4) is 0 Å². The smallest absolute Gasteiger partial charge is 0.348 e. The van der Waals surface area contributed by atoms with E-state index in [4.69, 9.17) is 4.74 Å². The maximum atomic E-state index is 11.8. The van der Waals surface area contributed by atoms with Gasteiger partial charge in [0.15, 0.2) is 0 Å². The third kappa shape index (κ3) is 2.57. The molecule has 0 bridgehead atoms. The van der Waals surface area contributed by atoms with Crippen LogP contribution in [0.2, 0.25) is 0 Å². The number of aryl methyl sites for hydroxylation is 1. The molecule has 2 heterocycles. The van der Waals surface area contributed by atoms with Gasteiger partial charge in [-0.2, -0.15) is 0 Å². The summed E-state index contributed by atoms with van der Waals surface area (Å²) >= 11 is 4.81. The molecule has 2 aromatic heterocycles. The molecule has 0 saturated carbocycles. The van der Waals surface area contributed by atoms with Crippen molar-refractivity contribution in [1.29, 1.82) is 0 Å². The quantitative estimate of drug-likeness (QED) is 0.689. The number of para-hydroxylation sites is 1. The lowest BCUT2D eigenvalue weighted by atomic mass is 10.2. The molecule has 5 nitrogen and oxygen atoms in total. The molecule has 0 fully saturated rings. The van der Waals surface area contributed by atoms with Gasteiger partial charge in [-0.15, -0.1) is 11.3 Å². The molecule has 0 aliphatic rings. The Balaban J connectivity index is 2.13. The van der Waals surface area contributed by atoms with Crippen molar-refractivity contribution in [2.75, 3.05) is 12.4 Å². The molecule has 22 heavy (non-hydrogen) atoms. The molecule has 0 aliphatic heterocycles. The minimum atomic E-state index is -0.354. The normalized spacial score (nSPS) is 10.7. The highest BCUT2D eigenvalue weighted by Gasteiger charge is 2.19. The number of rotatable bonds is 3. The summed E-state index contributed by atoms with van der Waals surface area (Å²) in [5.41, 5.74) is 1.72. The van der Waals surface area contributed by atoms with Gasteiger partial charge >= 0.3 is 5.97 Å². The van der Waals surface area contributed by atoms with Crippen LogP contribution in [0.5, 0.6) is 0 Å². The van der Waals surface area contributed by atoms with Gasteiger partial charge in [0.05, 0.1) is 18.2 Å². The van der Waals surface area contributed by atoms with E-state index in [0.717, 1.165) is 25.9 Å². The van der Waals surface area contributed by atoms with Gasteiger partial charge in [-0.05, 0) is 40.5 Å². The van der Waals surface area contributed by atoms with Crippen LogP contribution in [0.15, 0.2) is 35.1 Å². The number of aromatic nitrogens is 2. The van der Waals surface area contributed by atoms with Crippen molar-refractivity contribution in [1.82, 2.24) is 9.97 Å². The number of methoxy groups -OCH3 is 1. The zero-order chi connectivity index (χ0) is 15.7. The van der Waals surface area contributed by atoms with E-state index >= 15 is 0 Å². The Bertz CT molecular complexity index is 863. The largest absolute Gasteiger partial charge is 0.465 e. The molecule has 1 N–H and O–H groups in total. The molecular weight excluding hydrogens is 366 g/mol. The van der Waals surface area contributed by atoms with Gasteiger partial charge < -0.3 is 10.1 Å². The first kappa shape index (κ1) is 14.9. The molecule has 1 aromatic carbocycles. The molecule has 0 unspecified atom stereocenters. The van der Waals surface area contributed by atoms with Crippen LogP contribution in [-0.2, 0) is 4.74 Å². The number of carbonyl (C=O) groups excluding carboxylic acids is 1. The molecule has 3 aromatic rings. The van der Waals surface area contributed by atoms with Crippen molar-refractivity contribution < 1.29 is 9.53 Å². The van der Waals surface area contributed by atoms with E-state index in [-0.39, 0.29) is 5.97 Å². The lowest BCUT2D eigenvalue weighted by molar-refractivity contribution is 0.0605. The number of thiophene rings is 1. The highest BCUT2D eigenvalue weighted by atomic mass is 79.9. The second kappa shape index (κ2) is 6.02. The Morgan fingerprint density at radius 3 is 2.82 bits per heavy atom. The summed E-state index contributed by atoms with van der Waals surface area (Å²) in [7, 11) is 1.37. The van der Waals surface area contributed by atoms with Gasteiger partial charge in [-0.1, -0.05) is 12.1 Å². The van der Waals surface area contributed by atoms with Crippen molar-refractivity contribution in [3.05, 3.63) is 45.5 Å². The number of nitrogens with zero attached hydrogens (tertiary/aromatic N) is 2. The number of hydrogen-bond donors (Lipinski definition) is 1. The summed E-state index contributed by atoms with van der Waals surface area (Å²) in [5, 5.41) is 4.12. The van der Waals surface area contributed by atoms with Crippen LogP contribution < -0.4 is 5.32 Å². The van der Waals surface area contributed by atoms with E-state index in [1.165, 1.54) is 24.8 Å². The Morgan fingerprint density at radius 1 is 1.32 bits per heavy atom. The number of nitrogens with one attached hydrogen (secondary N) is 1. The number of halogens is 1. The van der Waals surface area contributed by atoms with Crippen LogP contribution in [0.4, 0.5) is 11.5 Å². The highest BCUT2D eigenvalue weighted by Crippen LogP contribution is 2.35. The second-order valence-corrected chi connectivity index (χ2v) is 6.41. The van der Waals surface area contributed by atoms with Crippen LogP contribution >= 0.6 is 27.3 Å². The van der Waals surface area contributed by atoms with E-state index in [1.807, 2.05) is 31.2 Å². The average Bonchev–Trinajstić information content (AvgIpc) is 2.87. The molecule has 112 valence electrons. The Kier molecular flexibility index (Phi) is 4.08. The van der Waals surface area contributed by atoms with Crippen molar-refractivity contribution in [3.63, 3.8) is 0 Å². The number of esters is 1. The molecule has 7 heteroatoms. The van der Waals surface area contributed by atoms with Gasteiger partial charge in [0.1, 0.15) is 21.9 Å².